The summed E-state index contributed by atoms with van der Waals surface area (Å²) in [6.07, 6.45) is 3.64. The van der Waals surface area contributed by atoms with Gasteiger partial charge in [0.1, 0.15) is 6.04 Å². The lowest BCUT2D eigenvalue weighted by molar-refractivity contribution is -0.141. The zero-order chi connectivity index (χ0) is 14.4. The first-order valence-electron chi connectivity index (χ1n) is 6.89. The van der Waals surface area contributed by atoms with Gasteiger partial charge in [-0.3, -0.25) is 14.6 Å². The van der Waals surface area contributed by atoms with Crippen molar-refractivity contribution in [3.05, 3.63) is 30.1 Å². The highest BCUT2D eigenvalue weighted by Crippen LogP contribution is 2.08. The van der Waals surface area contributed by atoms with Crippen LogP contribution in [0.25, 0.3) is 0 Å². The fraction of sp³-hybridized carbons (Fsp3) is 0.500. The number of hydrogen-bond acceptors (Lipinski definition) is 4. The van der Waals surface area contributed by atoms with E-state index in [1.165, 1.54) is 0 Å². The quantitative estimate of drug-likeness (QED) is 0.782. The van der Waals surface area contributed by atoms with E-state index in [0.717, 1.165) is 12.1 Å². The highest BCUT2D eigenvalue weighted by atomic mass is 16.2. The van der Waals surface area contributed by atoms with Crippen LogP contribution in [0.15, 0.2) is 24.5 Å². The Kier molecular flexibility index (Phi) is 5.06. The fourth-order valence-electron chi connectivity index (χ4n) is 2.31. The number of piperazine rings is 1. The minimum absolute atomic E-state index is 0.0195. The van der Waals surface area contributed by atoms with Crippen molar-refractivity contribution in [2.75, 3.05) is 26.2 Å². The molecular weight excluding hydrogens is 256 g/mol. The third-order valence-corrected chi connectivity index (χ3v) is 3.32. The Bertz CT molecular complexity index is 464. The number of nitrogens with zero attached hydrogens (tertiary/aromatic N) is 2. The molecule has 1 saturated heterocycles. The third-order valence-electron chi connectivity index (χ3n) is 3.32. The molecule has 0 spiro atoms. The molecule has 1 fully saturated rings. The molecule has 0 aliphatic carbocycles. The highest BCUT2D eigenvalue weighted by molar-refractivity contribution is 5.88. The van der Waals surface area contributed by atoms with E-state index in [0.29, 0.717) is 26.1 Å². The molecule has 2 heterocycles. The molecule has 108 valence electrons. The van der Waals surface area contributed by atoms with Crippen molar-refractivity contribution in [1.29, 1.82) is 0 Å². The zero-order valence-corrected chi connectivity index (χ0v) is 11.6. The largest absolute Gasteiger partial charge is 0.355 e. The van der Waals surface area contributed by atoms with E-state index in [2.05, 4.69) is 15.6 Å². The summed E-state index contributed by atoms with van der Waals surface area (Å²) in [4.78, 5) is 30.0. The first-order chi connectivity index (χ1) is 9.72. The Morgan fingerprint density at radius 2 is 2.20 bits per heavy atom. The molecule has 1 aliphatic rings. The number of carbonyl (C=O) groups is 2. The van der Waals surface area contributed by atoms with Gasteiger partial charge in [-0.25, -0.2) is 0 Å². The van der Waals surface area contributed by atoms with Gasteiger partial charge < -0.3 is 15.5 Å². The van der Waals surface area contributed by atoms with Crippen molar-refractivity contribution in [2.45, 2.75) is 19.4 Å². The van der Waals surface area contributed by atoms with Gasteiger partial charge in [-0.15, -0.1) is 0 Å². The van der Waals surface area contributed by atoms with Gasteiger partial charge in [0.25, 0.3) is 0 Å². The number of carbonyl (C=O) groups excluding carboxylic acids is 2. The summed E-state index contributed by atoms with van der Waals surface area (Å²) in [6, 6.07) is 3.22. The number of amides is 2. The van der Waals surface area contributed by atoms with Gasteiger partial charge in [-0.05, 0) is 24.6 Å². The smallest absolute Gasteiger partial charge is 0.244 e. The second kappa shape index (κ2) is 7.00. The van der Waals surface area contributed by atoms with Gasteiger partial charge in [0.05, 0.1) is 6.42 Å². The van der Waals surface area contributed by atoms with Crippen LogP contribution in [0.2, 0.25) is 0 Å². The molecule has 0 bridgehead atoms. The Morgan fingerprint density at radius 1 is 1.45 bits per heavy atom. The van der Waals surface area contributed by atoms with Gasteiger partial charge >= 0.3 is 0 Å². The number of rotatable bonds is 4. The average molecular weight is 276 g/mol. The van der Waals surface area contributed by atoms with Crippen molar-refractivity contribution >= 4 is 11.8 Å². The molecular formula is C14H20N4O2. The molecule has 6 heteroatoms. The Hall–Kier alpha value is -1.95. The van der Waals surface area contributed by atoms with E-state index in [1.807, 2.05) is 19.1 Å². The summed E-state index contributed by atoms with van der Waals surface area (Å²) in [6.45, 7) is 4.23. The number of likely N-dealkylation sites (N-methyl/N-ethyl adjacent to an activating group) is 1. The Balaban J connectivity index is 2.03. The lowest BCUT2D eigenvalue weighted by Crippen LogP contribution is -2.59. The van der Waals surface area contributed by atoms with Crippen LogP contribution in [0.1, 0.15) is 12.5 Å². The lowest BCUT2D eigenvalue weighted by Gasteiger charge is -2.35. The van der Waals surface area contributed by atoms with Gasteiger partial charge in [0, 0.05) is 38.6 Å². The van der Waals surface area contributed by atoms with E-state index in [-0.39, 0.29) is 11.8 Å². The predicted octanol–water partition coefficient (Wildman–Crippen LogP) is -0.439. The SMILES string of the molecule is CCNC(=O)C1CNCCN1C(=O)Cc1ccncc1. The second-order valence-corrected chi connectivity index (χ2v) is 4.73. The Labute approximate surface area is 118 Å². The average Bonchev–Trinajstić information content (AvgIpc) is 2.48. The van der Waals surface area contributed by atoms with E-state index in [4.69, 9.17) is 0 Å². The van der Waals surface area contributed by atoms with Gasteiger partial charge in [-0.1, -0.05) is 0 Å². The summed E-state index contributed by atoms with van der Waals surface area (Å²) < 4.78 is 0. The van der Waals surface area contributed by atoms with Crippen LogP contribution in [0.4, 0.5) is 0 Å². The van der Waals surface area contributed by atoms with Gasteiger partial charge in [0.15, 0.2) is 0 Å². The van der Waals surface area contributed by atoms with E-state index >= 15 is 0 Å². The van der Waals surface area contributed by atoms with E-state index < -0.39 is 6.04 Å². The summed E-state index contributed by atoms with van der Waals surface area (Å²) in [7, 11) is 0. The van der Waals surface area contributed by atoms with Crippen molar-refractivity contribution in [1.82, 2.24) is 20.5 Å². The maximum atomic E-state index is 12.4. The number of nitrogens with one attached hydrogen (secondary N) is 2. The summed E-state index contributed by atoms with van der Waals surface area (Å²) in [5.74, 6) is -0.114. The van der Waals surface area contributed by atoms with Crippen LogP contribution in [0.5, 0.6) is 0 Å². The van der Waals surface area contributed by atoms with Crippen LogP contribution in [-0.4, -0.2) is 53.9 Å². The topological polar surface area (TPSA) is 74.3 Å². The predicted molar refractivity (Wildman–Crippen MR) is 75.0 cm³/mol. The molecule has 6 nitrogen and oxygen atoms in total. The molecule has 1 aromatic heterocycles. The number of pyridine rings is 1. The maximum Gasteiger partial charge on any atom is 0.244 e. The minimum Gasteiger partial charge on any atom is -0.355 e. The van der Waals surface area contributed by atoms with Gasteiger partial charge in [-0.2, -0.15) is 0 Å². The van der Waals surface area contributed by atoms with Crippen molar-refractivity contribution in [3.63, 3.8) is 0 Å². The molecule has 2 N–H and O–H groups in total. The molecule has 1 atom stereocenters. The van der Waals surface area contributed by atoms with Crippen LogP contribution in [0.3, 0.4) is 0 Å². The van der Waals surface area contributed by atoms with Crippen LogP contribution in [-0.2, 0) is 16.0 Å². The molecule has 0 aromatic carbocycles. The van der Waals surface area contributed by atoms with E-state index in [9.17, 15) is 9.59 Å². The van der Waals surface area contributed by atoms with Crippen LogP contribution >= 0.6 is 0 Å². The molecule has 1 aliphatic heterocycles. The molecule has 2 amide bonds. The molecule has 1 unspecified atom stereocenters. The first kappa shape index (κ1) is 14.5. The molecule has 0 saturated carbocycles. The van der Waals surface area contributed by atoms with Crippen LogP contribution < -0.4 is 10.6 Å². The van der Waals surface area contributed by atoms with Crippen molar-refractivity contribution in [3.8, 4) is 0 Å². The number of hydrogen-bond donors (Lipinski definition) is 2. The molecule has 0 radical (unpaired) electrons. The summed E-state index contributed by atoms with van der Waals surface area (Å²) in [5, 5.41) is 5.94. The third kappa shape index (κ3) is 3.54. The van der Waals surface area contributed by atoms with Crippen molar-refractivity contribution < 1.29 is 9.59 Å². The monoisotopic (exact) mass is 276 g/mol. The van der Waals surface area contributed by atoms with Crippen LogP contribution in [0, 0.1) is 0 Å². The fourth-order valence-corrected chi connectivity index (χ4v) is 2.31. The van der Waals surface area contributed by atoms with Gasteiger partial charge in [0.2, 0.25) is 11.8 Å². The van der Waals surface area contributed by atoms with Crippen molar-refractivity contribution in [2.24, 2.45) is 0 Å². The molecule has 1 aromatic rings. The number of aromatic nitrogens is 1. The maximum absolute atomic E-state index is 12.4. The minimum atomic E-state index is -0.418. The van der Waals surface area contributed by atoms with E-state index in [1.54, 1.807) is 17.3 Å². The zero-order valence-electron chi connectivity index (χ0n) is 11.6. The summed E-state index contributed by atoms with van der Waals surface area (Å²) >= 11 is 0. The summed E-state index contributed by atoms with van der Waals surface area (Å²) in [5.41, 5.74) is 0.915. The first-order valence-corrected chi connectivity index (χ1v) is 6.89. The highest BCUT2D eigenvalue weighted by Gasteiger charge is 2.31. The standard InChI is InChI=1S/C14H20N4O2/c1-2-17-14(20)12-10-16-7-8-18(12)13(19)9-11-3-5-15-6-4-11/h3-6,12,16H,2,7-10H2,1H3,(H,17,20). The Morgan fingerprint density at radius 3 is 2.90 bits per heavy atom. The molecule has 2 rings (SSSR count). The normalized spacial score (nSPS) is 18.6. The second-order valence-electron chi connectivity index (χ2n) is 4.73. The lowest BCUT2D eigenvalue weighted by atomic mass is 10.1. The molecule has 20 heavy (non-hydrogen) atoms.